The van der Waals surface area contributed by atoms with Crippen LogP contribution >= 0.6 is 0 Å². The highest BCUT2D eigenvalue weighted by molar-refractivity contribution is 7.89. The Morgan fingerprint density at radius 2 is 2.05 bits per heavy atom. The van der Waals surface area contributed by atoms with Crippen molar-refractivity contribution in [3.05, 3.63) is 18.3 Å². The molecule has 1 aliphatic carbocycles. The topological polar surface area (TPSA) is 71.1 Å². The molecule has 6 heteroatoms. The van der Waals surface area contributed by atoms with Crippen LogP contribution < -0.4 is 10.0 Å². The number of nitrogens with one attached hydrogen (secondary N) is 2. The highest BCUT2D eigenvalue weighted by atomic mass is 32.2. The van der Waals surface area contributed by atoms with Crippen LogP contribution in [0.5, 0.6) is 0 Å². The summed E-state index contributed by atoms with van der Waals surface area (Å²) in [6, 6.07) is 3.24. The lowest BCUT2D eigenvalue weighted by Gasteiger charge is -2.38. The molecular formula is C14H23N3O2S. The Labute approximate surface area is 121 Å². The Morgan fingerprint density at radius 1 is 1.30 bits per heavy atom. The lowest BCUT2D eigenvalue weighted by atomic mass is 9.74. The first-order chi connectivity index (χ1) is 9.35. The first kappa shape index (κ1) is 15.3. The van der Waals surface area contributed by atoms with Crippen molar-refractivity contribution in [3.63, 3.8) is 0 Å². The highest BCUT2D eigenvalue weighted by Gasteiger charge is 2.35. The monoisotopic (exact) mass is 297 g/mol. The Hall–Kier alpha value is -1.14. The summed E-state index contributed by atoms with van der Waals surface area (Å²) in [7, 11) is -1.75. The van der Waals surface area contributed by atoms with Crippen molar-refractivity contribution in [1.29, 1.82) is 0 Å². The van der Waals surface area contributed by atoms with E-state index in [1.165, 1.54) is 12.6 Å². The molecular weight excluding hydrogens is 274 g/mol. The van der Waals surface area contributed by atoms with E-state index in [-0.39, 0.29) is 16.4 Å². The van der Waals surface area contributed by atoms with E-state index in [1.54, 1.807) is 19.2 Å². The SMILES string of the molecule is CNc1ccc(S(=O)(=O)NC2CCCCC2(C)C)cn1. The van der Waals surface area contributed by atoms with E-state index in [0.29, 0.717) is 5.82 Å². The lowest BCUT2D eigenvalue weighted by Crippen LogP contribution is -2.46. The summed E-state index contributed by atoms with van der Waals surface area (Å²) in [5.74, 6) is 0.655. The number of rotatable bonds is 4. The zero-order valence-corrected chi connectivity index (χ0v) is 13.1. The normalized spacial score (nSPS) is 22.4. The van der Waals surface area contributed by atoms with E-state index in [9.17, 15) is 8.42 Å². The highest BCUT2D eigenvalue weighted by Crippen LogP contribution is 2.36. The number of aromatic nitrogens is 1. The van der Waals surface area contributed by atoms with Crippen molar-refractivity contribution in [2.45, 2.75) is 50.5 Å². The van der Waals surface area contributed by atoms with Crippen LogP contribution in [0.4, 0.5) is 5.82 Å². The number of hydrogen-bond acceptors (Lipinski definition) is 4. The molecule has 1 saturated carbocycles. The predicted molar refractivity (Wildman–Crippen MR) is 80.1 cm³/mol. The maximum atomic E-state index is 12.4. The molecule has 20 heavy (non-hydrogen) atoms. The summed E-state index contributed by atoms with van der Waals surface area (Å²) >= 11 is 0. The zero-order valence-electron chi connectivity index (χ0n) is 12.3. The second-order valence-corrected chi connectivity index (χ2v) is 7.75. The Kier molecular flexibility index (Phi) is 4.34. The van der Waals surface area contributed by atoms with Gasteiger partial charge in [0.1, 0.15) is 10.7 Å². The molecule has 1 atom stereocenters. The summed E-state index contributed by atoms with van der Waals surface area (Å²) in [6.07, 6.45) is 5.59. The molecule has 1 unspecified atom stereocenters. The van der Waals surface area contributed by atoms with Crippen molar-refractivity contribution < 1.29 is 8.42 Å². The molecule has 1 fully saturated rings. The van der Waals surface area contributed by atoms with Gasteiger partial charge in [0.2, 0.25) is 10.0 Å². The minimum atomic E-state index is -3.50. The third-order valence-corrected chi connectivity index (χ3v) is 5.56. The molecule has 0 aliphatic heterocycles. The van der Waals surface area contributed by atoms with Gasteiger partial charge in [-0.1, -0.05) is 26.7 Å². The van der Waals surface area contributed by atoms with Crippen LogP contribution in [0.2, 0.25) is 0 Å². The van der Waals surface area contributed by atoms with Gasteiger partial charge < -0.3 is 5.32 Å². The van der Waals surface area contributed by atoms with Crippen LogP contribution in [0, 0.1) is 5.41 Å². The van der Waals surface area contributed by atoms with Crippen LogP contribution in [-0.4, -0.2) is 26.5 Å². The predicted octanol–water partition coefficient (Wildman–Crippen LogP) is 2.37. The fourth-order valence-corrected chi connectivity index (χ4v) is 4.04. The molecule has 0 aromatic carbocycles. The van der Waals surface area contributed by atoms with Gasteiger partial charge in [-0.15, -0.1) is 0 Å². The Bertz CT molecular complexity index is 552. The standard InChI is InChI=1S/C14H23N3O2S/c1-14(2)9-5-4-6-12(14)17-20(18,19)11-7-8-13(15-3)16-10-11/h7-8,10,12,17H,4-6,9H2,1-3H3,(H,15,16). The number of pyridine rings is 1. The maximum absolute atomic E-state index is 12.4. The molecule has 2 rings (SSSR count). The summed E-state index contributed by atoms with van der Waals surface area (Å²) in [4.78, 5) is 4.28. The van der Waals surface area contributed by atoms with Gasteiger partial charge in [-0.25, -0.2) is 18.1 Å². The molecule has 5 nitrogen and oxygen atoms in total. The second-order valence-electron chi connectivity index (χ2n) is 6.04. The first-order valence-electron chi connectivity index (χ1n) is 7.01. The van der Waals surface area contributed by atoms with E-state index in [1.807, 2.05) is 0 Å². The summed E-state index contributed by atoms with van der Waals surface area (Å²) in [6.45, 7) is 4.25. The molecule has 112 valence electrons. The number of sulfonamides is 1. The van der Waals surface area contributed by atoms with E-state index in [2.05, 4.69) is 28.9 Å². The van der Waals surface area contributed by atoms with E-state index < -0.39 is 10.0 Å². The summed E-state index contributed by atoms with van der Waals surface area (Å²) in [5, 5.41) is 2.87. The smallest absolute Gasteiger partial charge is 0.242 e. The van der Waals surface area contributed by atoms with Gasteiger partial charge in [0.25, 0.3) is 0 Å². The minimum Gasteiger partial charge on any atom is -0.373 e. The van der Waals surface area contributed by atoms with Crippen LogP contribution in [0.15, 0.2) is 23.2 Å². The Balaban J connectivity index is 2.17. The van der Waals surface area contributed by atoms with E-state index in [4.69, 9.17) is 0 Å². The molecule has 1 heterocycles. The molecule has 0 amide bonds. The number of anilines is 1. The number of nitrogens with zero attached hydrogens (tertiary/aromatic N) is 1. The average Bonchev–Trinajstić information content (AvgIpc) is 2.41. The van der Waals surface area contributed by atoms with Gasteiger partial charge in [0.15, 0.2) is 0 Å². The number of hydrogen-bond donors (Lipinski definition) is 2. The van der Waals surface area contributed by atoms with Gasteiger partial charge in [0.05, 0.1) is 0 Å². The largest absolute Gasteiger partial charge is 0.373 e. The van der Waals surface area contributed by atoms with Crippen LogP contribution in [0.25, 0.3) is 0 Å². The average molecular weight is 297 g/mol. The van der Waals surface area contributed by atoms with Crippen LogP contribution in [-0.2, 0) is 10.0 Å². The zero-order chi connectivity index (χ0) is 14.8. The van der Waals surface area contributed by atoms with Crippen LogP contribution in [0.3, 0.4) is 0 Å². The van der Waals surface area contributed by atoms with Gasteiger partial charge in [-0.3, -0.25) is 0 Å². The second kappa shape index (κ2) is 5.69. The third kappa shape index (κ3) is 3.30. The fourth-order valence-electron chi connectivity index (χ4n) is 2.65. The first-order valence-corrected chi connectivity index (χ1v) is 8.50. The van der Waals surface area contributed by atoms with Crippen molar-refractivity contribution >= 4 is 15.8 Å². The molecule has 0 bridgehead atoms. The van der Waals surface area contributed by atoms with Gasteiger partial charge in [-0.2, -0.15) is 0 Å². The summed E-state index contributed by atoms with van der Waals surface area (Å²) in [5.41, 5.74) is 0.00363. The minimum absolute atomic E-state index is 0.00363. The van der Waals surface area contributed by atoms with Gasteiger partial charge in [-0.05, 0) is 30.4 Å². The van der Waals surface area contributed by atoms with Gasteiger partial charge >= 0.3 is 0 Å². The lowest BCUT2D eigenvalue weighted by molar-refractivity contribution is 0.188. The summed E-state index contributed by atoms with van der Waals surface area (Å²) < 4.78 is 27.7. The van der Waals surface area contributed by atoms with E-state index in [0.717, 1.165) is 19.3 Å². The third-order valence-electron chi connectivity index (χ3n) is 4.11. The van der Waals surface area contributed by atoms with Crippen molar-refractivity contribution in [1.82, 2.24) is 9.71 Å². The van der Waals surface area contributed by atoms with Gasteiger partial charge in [0, 0.05) is 19.3 Å². The van der Waals surface area contributed by atoms with Crippen molar-refractivity contribution in [2.75, 3.05) is 12.4 Å². The van der Waals surface area contributed by atoms with E-state index >= 15 is 0 Å². The molecule has 0 spiro atoms. The molecule has 0 saturated heterocycles. The van der Waals surface area contributed by atoms with Crippen molar-refractivity contribution in [3.8, 4) is 0 Å². The van der Waals surface area contributed by atoms with Crippen LogP contribution in [0.1, 0.15) is 39.5 Å². The molecule has 1 aromatic heterocycles. The molecule has 1 aliphatic rings. The Morgan fingerprint density at radius 3 is 2.60 bits per heavy atom. The quantitative estimate of drug-likeness (QED) is 0.895. The van der Waals surface area contributed by atoms with Crippen molar-refractivity contribution in [2.24, 2.45) is 5.41 Å². The molecule has 0 radical (unpaired) electrons. The maximum Gasteiger partial charge on any atom is 0.242 e. The molecule has 1 aromatic rings. The fraction of sp³-hybridized carbons (Fsp3) is 0.643. The molecule has 2 N–H and O–H groups in total.